The lowest BCUT2D eigenvalue weighted by Gasteiger charge is -2.12. The molecule has 0 bridgehead atoms. The molecule has 0 saturated heterocycles. The molecule has 0 aliphatic heterocycles. The predicted octanol–water partition coefficient (Wildman–Crippen LogP) is 3.07. The van der Waals surface area contributed by atoms with E-state index in [1.165, 1.54) is 6.07 Å². The average molecular weight is 261 g/mol. The van der Waals surface area contributed by atoms with Crippen LogP contribution in [0.5, 0.6) is 0 Å². The van der Waals surface area contributed by atoms with E-state index >= 15 is 0 Å². The standard InChI is InChI=1S/C15H20FN3/c1-11(2)7-17-9-13-14(16)5-4-6-15(13)19-10-12(3)8-18-19/h4-6,8,10-11,17H,7,9H2,1-3H3. The summed E-state index contributed by atoms with van der Waals surface area (Å²) in [4.78, 5) is 0. The normalized spacial score (nSPS) is 11.2. The van der Waals surface area contributed by atoms with Gasteiger partial charge in [-0.15, -0.1) is 0 Å². The molecule has 3 nitrogen and oxygen atoms in total. The SMILES string of the molecule is Cc1cnn(-c2cccc(F)c2CNCC(C)C)c1. The van der Waals surface area contributed by atoms with Crippen LogP contribution in [0.1, 0.15) is 25.0 Å². The number of nitrogens with zero attached hydrogens (tertiary/aromatic N) is 2. The van der Waals surface area contributed by atoms with Crippen molar-refractivity contribution in [1.82, 2.24) is 15.1 Å². The van der Waals surface area contributed by atoms with Gasteiger partial charge in [0.25, 0.3) is 0 Å². The molecule has 1 N–H and O–H groups in total. The van der Waals surface area contributed by atoms with Gasteiger partial charge in [0.05, 0.1) is 11.9 Å². The van der Waals surface area contributed by atoms with Gasteiger partial charge in [-0.1, -0.05) is 19.9 Å². The lowest BCUT2D eigenvalue weighted by molar-refractivity contribution is 0.532. The molecule has 102 valence electrons. The summed E-state index contributed by atoms with van der Waals surface area (Å²) in [6, 6.07) is 5.10. The van der Waals surface area contributed by atoms with Crippen LogP contribution in [-0.2, 0) is 6.54 Å². The smallest absolute Gasteiger partial charge is 0.129 e. The third-order valence-corrected chi connectivity index (χ3v) is 2.91. The first-order valence-electron chi connectivity index (χ1n) is 6.57. The zero-order valence-corrected chi connectivity index (χ0v) is 11.7. The van der Waals surface area contributed by atoms with Crippen molar-refractivity contribution in [2.24, 2.45) is 5.92 Å². The molecule has 2 rings (SSSR count). The Morgan fingerprint density at radius 1 is 1.37 bits per heavy atom. The van der Waals surface area contributed by atoms with E-state index in [9.17, 15) is 4.39 Å². The van der Waals surface area contributed by atoms with Crippen LogP contribution in [-0.4, -0.2) is 16.3 Å². The van der Waals surface area contributed by atoms with E-state index < -0.39 is 0 Å². The molecule has 4 heteroatoms. The number of hydrogen-bond donors (Lipinski definition) is 1. The molecule has 2 aromatic rings. The van der Waals surface area contributed by atoms with Gasteiger partial charge in [0.15, 0.2) is 0 Å². The molecule has 0 amide bonds. The van der Waals surface area contributed by atoms with Gasteiger partial charge in [-0.25, -0.2) is 9.07 Å². The topological polar surface area (TPSA) is 29.9 Å². The highest BCUT2D eigenvalue weighted by molar-refractivity contribution is 5.41. The van der Waals surface area contributed by atoms with E-state index in [1.807, 2.05) is 19.2 Å². The molecule has 0 saturated carbocycles. The van der Waals surface area contributed by atoms with Gasteiger partial charge in [0.2, 0.25) is 0 Å². The molecule has 0 aliphatic carbocycles. The summed E-state index contributed by atoms with van der Waals surface area (Å²) in [6.45, 7) is 7.61. The third-order valence-electron chi connectivity index (χ3n) is 2.91. The van der Waals surface area contributed by atoms with Crippen LogP contribution in [0.15, 0.2) is 30.6 Å². The minimum Gasteiger partial charge on any atom is -0.312 e. The summed E-state index contributed by atoms with van der Waals surface area (Å²) < 4.78 is 15.7. The fourth-order valence-electron chi connectivity index (χ4n) is 1.97. The monoisotopic (exact) mass is 261 g/mol. The molecular weight excluding hydrogens is 241 g/mol. The molecule has 19 heavy (non-hydrogen) atoms. The molecule has 0 aliphatic rings. The van der Waals surface area contributed by atoms with Crippen LogP contribution >= 0.6 is 0 Å². The Hall–Kier alpha value is -1.68. The Labute approximate surface area is 113 Å². The second-order valence-corrected chi connectivity index (χ2v) is 5.22. The van der Waals surface area contributed by atoms with E-state index in [0.29, 0.717) is 18.0 Å². The van der Waals surface area contributed by atoms with Gasteiger partial charge >= 0.3 is 0 Å². The lowest BCUT2D eigenvalue weighted by Crippen LogP contribution is -2.21. The number of hydrogen-bond acceptors (Lipinski definition) is 2. The van der Waals surface area contributed by atoms with Crippen LogP contribution in [0.25, 0.3) is 5.69 Å². The molecule has 0 spiro atoms. The van der Waals surface area contributed by atoms with Gasteiger partial charge in [0.1, 0.15) is 5.82 Å². The van der Waals surface area contributed by atoms with E-state index in [0.717, 1.165) is 17.8 Å². The van der Waals surface area contributed by atoms with Gasteiger partial charge < -0.3 is 5.32 Å². The van der Waals surface area contributed by atoms with Crippen molar-refractivity contribution in [3.8, 4) is 5.69 Å². The summed E-state index contributed by atoms with van der Waals surface area (Å²) in [5.74, 6) is 0.351. The van der Waals surface area contributed by atoms with Gasteiger partial charge in [-0.05, 0) is 37.1 Å². The maximum atomic E-state index is 14.0. The average Bonchev–Trinajstić information content (AvgIpc) is 2.77. The van der Waals surface area contributed by atoms with E-state index in [4.69, 9.17) is 0 Å². The molecule has 0 atom stereocenters. The van der Waals surface area contributed by atoms with Crippen molar-refractivity contribution in [2.75, 3.05) is 6.54 Å². The highest BCUT2D eigenvalue weighted by Gasteiger charge is 2.10. The number of nitrogens with one attached hydrogen (secondary N) is 1. The van der Waals surface area contributed by atoms with Crippen molar-refractivity contribution in [2.45, 2.75) is 27.3 Å². The zero-order valence-electron chi connectivity index (χ0n) is 11.7. The minimum absolute atomic E-state index is 0.193. The Bertz CT molecular complexity index is 546. The fourth-order valence-corrected chi connectivity index (χ4v) is 1.97. The van der Waals surface area contributed by atoms with E-state index in [-0.39, 0.29) is 5.82 Å². The quantitative estimate of drug-likeness (QED) is 0.896. The van der Waals surface area contributed by atoms with Crippen LogP contribution in [0.4, 0.5) is 4.39 Å². The second kappa shape index (κ2) is 5.97. The van der Waals surface area contributed by atoms with Crippen molar-refractivity contribution in [3.05, 3.63) is 47.5 Å². The van der Waals surface area contributed by atoms with Crippen LogP contribution in [0.3, 0.4) is 0 Å². The first-order chi connectivity index (χ1) is 9.08. The first kappa shape index (κ1) is 13.7. The van der Waals surface area contributed by atoms with Crippen molar-refractivity contribution >= 4 is 0 Å². The minimum atomic E-state index is -0.193. The summed E-state index contributed by atoms with van der Waals surface area (Å²) in [7, 11) is 0. The van der Waals surface area contributed by atoms with Crippen molar-refractivity contribution < 1.29 is 4.39 Å². The summed E-state index contributed by atoms with van der Waals surface area (Å²) in [5.41, 5.74) is 2.51. The predicted molar refractivity (Wildman–Crippen MR) is 74.8 cm³/mol. The number of halogens is 1. The number of aromatic nitrogens is 2. The number of benzene rings is 1. The third kappa shape index (κ3) is 3.41. The molecule has 1 heterocycles. The van der Waals surface area contributed by atoms with E-state index in [1.54, 1.807) is 16.9 Å². The van der Waals surface area contributed by atoms with Crippen molar-refractivity contribution in [3.63, 3.8) is 0 Å². The molecule has 0 fully saturated rings. The summed E-state index contributed by atoms with van der Waals surface area (Å²) >= 11 is 0. The van der Waals surface area contributed by atoms with Crippen LogP contribution in [0.2, 0.25) is 0 Å². The number of aryl methyl sites for hydroxylation is 1. The molecule has 0 unspecified atom stereocenters. The Kier molecular flexibility index (Phi) is 4.32. The first-order valence-corrected chi connectivity index (χ1v) is 6.57. The van der Waals surface area contributed by atoms with E-state index in [2.05, 4.69) is 24.3 Å². The highest BCUT2D eigenvalue weighted by Crippen LogP contribution is 2.18. The highest BCUT2D eigenvalue weighted by atomic mass is 19.1. The van der Waals surface area contributed by atoms with Gasteiger partial charge in [0, 0.05) is 18.3 Å². The maximum absolute atomic E-state index is 14.0. The Morgan fingerprint density at radius 3 is 2.79 bits per heavy atom. The Morgan fingerprint density at radius 2 is 2.16 bits per heavy atom. The summed E-state index contributed by atoms with van der Waals surface area (Å²) in [6.07, 6.45) is 3.68. The molecule has 1 aromatic heterocycles. The fraction of sp³-hybridized carbons (Fsp3) is 0.400. The second-order valence-electron chi connectivity index (χ2n) is 5.22. The summed E-state index contributed by atoms with van der Waals surface area (Å²) in [5, 5.41) is 7.53. The van der Waals surface area contributed by atoms with Crippen LogP contribution in [0, 0.1) is 18.7 Å². The maximum Gasteiger partial charge on any atom is 0.129 e. The molecule has 1 aromatic carbocycles. The molecule has 0 radical (unpaired) electrons. The zero-order chi connectivity index (χ0) is 13.8. The van der Waals surface area contributed by atoms with Crippen LogP contribution < -0.4 is 5.32 Å². The van der Waals surface area contributed by atoms with Gasteiger partial charge in [-0.3, -0.25) is 0 Å². The largest absolute Gasteiger partial charge is 0.312 e. The Balaban J connectivity index is 2.26. The van der Waals surface area contributed by atoms with Gasteiger partial charge in [-0.2, -0.15) is 5.10 Å². The number of rotatable bonds is 5. The van der Waals surface area contributed by atoms with Crippen molar-refractivity contribution in [1.29, 1.82) is 0 Å². The lowest BCUT2D eigenvalue weighted by atomic mass is 10.1. The molecular formula is C15H20FN3.